The van der Waals surface area contributed by atoms with E-state index < -0.39 is 11.6 Å². The van der Waals surface area contributed by atoms with Gasteiger partial charge in [-0.05, 0) is 48.7 Å². The predicted octanol–water partition coefficient (Wildman–Crippen LogP) is 2.28. The third-order valence-corrected chi connectivity index (χ3v) is 3.67. The number of phenols is 1. The lowest BCUT2D eigenvalue weighted by molar-refractivity contribution is 0.0593. The number of carbonyl (C=O) groups excluding carboxylic acids is 1. The SMILES string of the molecule is CC(O)(CNC(=O)NCCc1cccc(O)c1)c1ccc(F)cc1. The summed E-state index contributed by atoms with van der Waals surface area (Å²) in [7, 11) is 0. The summed E-state index contributed by atoms with van der Waals surface area (Å²) in [5.74, 6) is -0.195. The van der Waals surface area contributed by atoms with Crippen molar-refractivity contribution >= 4 is 6.03 Å². The average molecular weight is 332 g/mol. The van der Waals surface area contributed by atoms with Crippen molar-refractivity contribution in [2.45, 2.75) is 18.9 Å². The van der Waals surface area contributed by atoms with Gasteiger partial charge in [0.1, 0.15) is 17.2 Å². The summed E-state index contributed by atoms with van der Waals surface area (Å²) in [5.41, 5.74) is 0.133. The van der Waals surface area contributed by atoms with E-state index in [1.165, 1.54) is 24.3 Å². The first-order valence-electron chi connectivity index (χ1n) is 7.65. The Kier molecular flexibility index (Phi) is 5.76. The van der Waals surface area contributed by atoms with E-state index in [4.69, 9.17) is 0 Å². The van der Waals surface area contributed by atoms with E-state index in [1.54, 1.807) is 25.1 Å². The van der Waals surface area contributed by atoms with Gasteiger partial charge in [0, 0.05) is 6.54 Å². The number of hydrogen-bond acceptors (Lipinski definition) is 3. The average Bonchev–Trinajstić information content (AvgIpc) is 2.54. The Bertz CT molecular complexity index is 687. The lowest BCUT2D eigenvalue weighted by Gasteiger charge is -2.24. The van der Waals surface area contributed by atoms with E-state index >= 15 is 0 Å². The van der Waals surface area contributed by atoms with Crippen LogP contribution in [0.3, 0.4) is 0 Å². The molecule has 0 aliphatic carbocycles. The third kappa shape index (κ3) is 5.24. The minimum Gasteiger partial charge on any atom is -0.508 e. The number of phenolic OH excluding ortho intramolecular Hbond substituents is 1. The molecular formula is C18H21FN2O3. The summed E-state index contributed by atoms with van der Waals surface area (Å²) in [5, 5.41) is 25.0. The standard InChI is InChI=1S/C18H21FN2O3/c1-18(24,14-5-7-15(19)8-6-14)12-21-17(23)20-10-9-13-3-2-4-16(22)11-13/h2-8,11,22,24H,9-10,12H2,1H3,(H2,20,21,23). The minimum atomic E-state index is -1.30. The summed E-state index contributed by atoms with van der Waals surface area (Å²) < 4.78 is 12.9. The van der Waals surface area contributed by atoms with Gasteiger partial charge in [-0.3, -0.25) is 0 Å². The lowest BCUT2D eigenvalue weighted by atomic mass is 9.96. The molecule has 0 aliphatic rings. The molecule has 1 atom stereocenters. The molecule has 0 bridgehead atoms. The topological polar surface area (TPSA) is 81.6 Å². The Morgan fingerprint density at radius 3 is 2.54 bits per heavy atom. The number of aliphatic hydroxyl groups is 1. The number of halogens is 1. The number of nitrogens with one attached hydrogen (secondary N) is 2. The molecule has 2 amide bonds. The van der Waals surface area contributed by atoms with Crippen LogP contribution in [-0.4, -0.2) is 29.3 Å². The van der Waals surface area contributed by atoms with Crippen molar-refractivity contribution in [1.29, 1.82) is 0 Å². The van der Waals surface area contributed by atoms with Crippen molar-refractivity contribution in [2.24, 2.45) is 0 Å². The van der Waals surface area contributed by atoms with Gasteiger partial charge in [0.2, 0.25) is 0 Å². The molecule has 0 aromatic heterocycles. The van der Waals surface area contributed by atoms with Gasteiger partial charge in [-0.15, -0.1) is 0 Å². The molecule has 0 spiro atoms. The summed E-state index contributed by atoms with van der Waals surface area (Å²) in [4.78, 5) is 11.8. The van der Waals surface area contributed by atoms with Crippen LogP contribution in [0.25, 0.3) is 0 Å². The van der Waals surface area contributed by atoms with Gasteiger partial charge >= 0.3 is 6.03 Å². The minimum absolute atomic E-state index is 0.00338. The smallest absolute Gasteiger partial charge is 0.314 e. The molecule has 128 valence electrons. The number of amides is 2. The highest BCUT2D eigenvalue weighted by atomic mass is 19.1. The fourth-order valence-electron chi connectivity index (χ4n) is 2.26. The number of aromatic hydroxyl groups is 1. The molecular weight excluding hydrogens is 311 g/mol. The zero-order valence-corrected chi connectivity index (χ0v) is 13.4. The van der Waals surface area contributed by atoms with Crippen molar-refractivity contribution in [3.8, 4) is 5.75 Å². The summed E-state index contributed by atoms with van der Waals surface area (Å²) in [6, 6.07) is 11.9. The molecule has 0 fully saturated rings. The Morgan fingerprint density at radius 2 is 1.88 bits per heavy atom. The molecule has 24 heavy (non-hydrogen) atoms. The van der Waals surface area contributed by atoms with Gasteiger partial charge in [0.05, 0.1) is 6.54 Å². The maximum atomic E-state index is 12.9. The maximum absolute atomic E-state index is 12.9. The van der Waals surface area contributed by atoms with Crippen LogP contribution in [0.5, 0.6) is 5.75 Å². The van der Waals surface area contributed by atoms with Crippen LogP contribution in [-0.2, 0) is 12.0 Å². The molecule has 2 aromatic rings. The number of carbonyl (C=O) groups is 1. The van der Waals surface area contributed by atoms with Crippen LogP contribution in [0.4, 0.5) is 9.18 Å². The summed E-state index contributed by atoms with van der Waals surface area (Å²) in [6.45, 7) is 1.94. The Morgan fingerprint density at radius 1 is 1.17 bits per heavy atom. The summed E-state index contributed by atoms with van der Waals surface area (Å²) in [6.07, 6.45) is 0.580. The van der Waals surface area contributed by atoms with Crippen molar-refractivity contribution in [3.63, 3.8) is 0 Å². The normalized spacial score (nSPS) is 13.1. The molecule has 0 saturated carbocycles. The molecule has 2 rings (SSSR count). The monoisotopic (exact) mass is 332 g/mol. The van der Waals surface area contributed by atoms with Gasteiger partial charge in [-0.2, -0.15) is 0 Å². The number of benzene rings is 2. The van der Waals surface area contributed by atoms with Gasteiger partial charge in [0.15, 0.2) is 0 Å². The second kappa shape index (κ2) is 7.79. The predicted molar refractivity (Wildman–Crippen MR) is 89.2 cm³/mol. The van der Waals surface area contributed by atoms with Crippen LogP contribution in [0.1, 0.15) is 18.1 Å². The van der Waals surface area contributed by atoms with E-state index in [0.29, 0.717) is 18.5 Å². The van der Waals surface area contributed by atoms with Crippen LogP contribution < -0.4 is 10.6 Å². The van der Waals surface area contributed by atoms with Crippen molar-refractivity contribution in [1.82, 2.24) is 10.6 Å². The maximum Gasteiger partial charge on any atom is 0.314 e. The largest absolute Gasteiger partial charge is 0.508 e. The van der Waals surface area contributed by atoms with Crippen molar-refractivity contribution < 1.29 is 19.4 Å². The van der Waals surface area contributed by atoms with E-state index in [2.05, 4.69) is 10.6 Å². The second-order valence-corrected chi connectivity index (χ2v) is 5.81. The van der Waals surface area contributed by atoms with E-state index in [0.717, 1.165) is 5.56 Å². The van der Waals surface area contributed by atoms with E-state index in [1.807, 2.05) is 6.07 Å². The first kappa shape index (κ1) is 17.7. The van der Waals surface area contributed by atoms with Crippen molar-refractivity contribution in [3.05, 3.63) is 65.5 Å². The first-order chi connectivity index (χ1) is 11.4. The van der Waals surface area contributed by atoms with Gasteiger partial charge in [-0.1, -0.05) is 24.3 Å². The number of rotatable bonds is 6. The lowest BCUT2D eigenvalue weighted by Crippen LogP contribution is -2.43. The second-order valence-electron chi connectivity index (χ2n) is 5.81. The Balaban J connectivity index is 1.77. The molecule has 0 radical (unpaired) electrons. The van der Waals surface area contributed by atoms with E-state index in [9.17, 15) is 19.4 Å². The number of hydrogen-bond donors (Lipinski definition) is 4. The van der Waals surface area contributed by atoms with Crippen LogP contribution in [0, 0.1) is 5.82 Å². The van der Waals surface area contributed by atoms with Gasteiger partial charge < -0.3 is 20.8 Å². The number of urea groups is 1. The highest BCUT2D eigenvalue weighted by Crippen LogP contribution is 2.19. The fraction of sp³-hybridized carbons (Fsp3) is 0.278. The highest BCUT2D eigenvalue weighted by Gasteiger charge is 2.23. The van der Waals surface area contributed by atoms with Crippen LogP contribution >= 0.6 is 0 Å². The van der Waals surface area contributed by atoms with Gasteiger partial charge in [0.25, 0.3) is 0 Å². The zero-order valence-electron chi connectivity index (χ0n) is 13.4. The summed E-state index contributed by atoms with van der Waals surface area (Å²) >= 11 is 0. The quantitative estimate of drug-likeness (QED) is 0.655. The van der Waals surface area contributed by atoms with Crippen molar-refractivity contribution in [2.75, 3.05) is 13.1 Å². The highest BCUT2D eigenvalue weighted by molar-refractivity contribution is 5.73. The van der Waals surface area contributed by atoms with Crippen LogP contribution in [0.2, 0.25) is 0 Å². The Labute approximate surface area is 140 Å². The molecule has 6 heteroatoms. The third-order valence-electron chi connectivity index (χ3n) is 3.67. The van der Waals surface area contributed by atoms with Crippen LogP contribution in [0.15, 0.2) is 48.5 Å². The molecule has 0 aliphatic heterocycles. The first-order valence-corrected chi connectivity index (χ1v) is 7.65. The molecule has 5 nitrogen and oxygen atoms in total. The molecule has 2 aromatic carbocycles. The van der Waals surface area contributed by atoms with E-state index in [-0.39, 0.29) is 18.1 Å². The Hall–Kier alpha value is -2.60. The molecule has 0 saturated heterocycles. The van der Waals surface area contributed by atoms with Gasteiger partial charge in [-0.25, -0.2) is 9.18 Å². The molecule has 4 N–H and O–H groups in total. The fourth-order valence-corrected chi connectivity index (χ4v) is 2.26. The molecule has 1 unspecified atom stereocenters. The molecule has 0 heterocycles. The zero-order chi connectivity index (χ0) is 17.6.